The highest BCUT2D eigenvalue weighted by Crippen LogP contribution is 1.81. The molecule has 0 N–H and O–H groups in total. The zero-order chi connectivity index (χ0) is 4.95. The van der Waals surface area contributed by atoms with E-state index in [1.807, 2.05) is 0 Å². The fraction of sp³-hybridized carbons (Fsp3) is 0. The van der Waals surface area contributed by atoms with Crippen molar-refractivity contribution in [3.63, 3.8) is 0 Å². The van der Waals surface area contributed by atoms with Gasteiger partial charge in [0.1, 0.15) is 0 Å². The Morgan fingerprint density at radius 1 is 1.57 bits per heavy atom. The van der Waals surface area contributed by atoms with E-state index in [-0.39, 0.29) is 0 Å². The van der Waals surface area contributed by atoms with Crippen LogP contribution in [0.4, 0.5) is 0 Å². The van der Waals surface area contributed by atoms with Crippen LogP contribution in [0, 0.1) is 0 Å². The van der Waals surface area contributed by atoms with E-state index in [1.54, 1.807) is 6.08 Å². The fourth-order valence-corrected chi connectivity index (χ4v) is 0.233. The third-order valence-electron chi connectivity index (χ3n) is 0.464. The van der Waals surface area contributed by atoms with Gasteiger partial charge in [-0.3, -0.25) is 0 Å². The summed E-state index contributed by atoms with van der Waals surface area (Å²) < 4.78 is 8.90. The van der Waals surface area contributed by atoms with Gasteiger partial charge in [-0.05, 0) is 6.08 Å². The second-order valence-electron chi connectivity index (χ2n) is 0.921. The lowest BCUT2D eigenvalue weighted by Crippen LogP contribution is -1.91. The predicted molar refractivity (Wildman–Crippen MR) is 25.6 cm³/mol. The second kappa shape index (κ2) is 2.28. The molecule has 35 valence electrons. The Balaban J connectivity index is 2.39. The van der Waals surface area contributed by atoms with Gasteiger partial charge in [0, 0.05) is 0 Å². The van der Waals surface area contributed by atoms with Gasteiger partial charge < -0.3 is 9.41 Å². The molecule has 0 aromatic rings. The second-order valence-corrected chi connectivity index (χ2v) is 0.921. The number of nitrogens with zero attached hydrogens (tertiary/aromatic N) is 1. The van der Waals surface area contributed by atoms with Crippen LogP contribution in [0.25, 0.3) is 0 Å². The normalized spacial score (nSPS) is 16.0. The molecule has 0 aromatic carbocycles. The first-order chi connectivity index (χ1) is 3.50. The maximum atomic E-state index is 4.54. The van der Waals surface area contributed by atoms with E-state index in [0.717, 1.165) is 7.69 Å². The van der Waals surface area contributed by atoms with Crippen molar-refractivity contribution in [2.75, 3.05) is 0 Å². The molecular weight excluding hydrogens is 92.8 g/mol. The van der Waals surface area contributed by atoms with Crippen molar-refractivity contribution in [1.82, 2.24) is 0 Å². The van der Waals surface area contributed by atoms with Gasteiger partial charge in [-0.2, -0.15) is 0 Å². The first kappa shape index (κ1) is 4.24. The Labute approximate surface area is 41.9 Å². The summed E-state index contributed by atoms with van der Waals surface area (Å²) in [5.41, 5.74) is 0. The molecule has 0 saturated heterocycles. The Hall–Kier alpha value is -0.925. The van der Waals surface area contributed by atoms with E-state index in [0.29, 0.717) is 0 Å². The lowest BCUT2D eigenvalue weighted by molar-refractivity contribution is 0.295. The van der Waals surface area contributed by atoms with Crippen molar-refractivity contribution in [3.8, 4) is 0 Å². The number of oxime groups is 1. The van der Waals surface area contributed by atoms with Crippen molar-refractivity contribution in [2.45, 2.75) is 0 Å². The summed E-state index contributed by atoms with van der Waals surface area (Å²) in [6.07, 6.45) is 4.59. The third-order valence-corrected chi connectivity index (χ3v) is 0.464. The van der Waals surface area contributed by atoms with Gasteiger partial charge in [0.05, 0.1) is 12.5 Å². The van der Waals surface area contributed by atoms with Crippen LogP contribution in [-0.2, 0) is 9.41 Å². The summed E-state index contributed by atoms with van der Waals surface area (Å²) in [5, 5.41) is 3.38. The molecule has 3 nitrogen and oxygen atoms in total. The number of hydrogen-bond donors (Lipinski definition) is 0. The monoisotopic (exact) mass is 96.0 g/mol. The lowest BCUT2D eigenvalue weighted by Gasteiger charge is -1.86. The summed E-state index contributed by atoms with van der Waals surface area (Å²) in [7, 11) is 1.14. The zero-order valence-electron chi connectivity index (χ0n) is 3.57. The molecule has 1 heterocycles. The molecule has 0 saturated carbocycles. The molecule has 1 aliphatic heterocycles. The first-order valence-electron chi connectivity index (χ1n) is 1.81. The predicted octanol–water partition coefficient (Wildman–Crippen LogP) is 0.0669. The Morgan fingerprint density at radius 3 is 3.57 bits per heavy atom. The molecule has 0 unspecified atom stereocenters. The highest BCUT2D eigenvalue weighted by atomic mass is 16.7. The van der Waals surface area contributed by atoms with E-state index in [9.17, 15) is 0 Å². The minimum atomic E-state index is 1.14. The van der Waals surface area contributed by atoms with Crippen molar-refractivity contribution >= 4 is 13.9 Å². The zero-order valence-corrected chi connectivity index (χ0v) is 3.57. The molecule has 0 fully saturated rings. The highest BCUT2D eigenvalue weighted by Gasteiger charge is 1.91. The number of rotatable bonds is 0. The molecule has 1 rings (SSSR count). The van der Waals surface area contributed by atoms with Crippen LogP contribution in [0.2, 0.25) is 0 Å². The summed E-state index contributed by atoms with van der Waals surface area (Å²) in [5.74, 6) is 0. The van der Waals surface area contributed by atoms with Crippen molar-refractivity contribution in [3.05, 3.63) is 12.3 Å². The molecule has 0 spiro atoms. The van der Waals surface area contributed by atoms with E-state index in [4.69, 9.17) is 0 Å². The van der Waals surface area contributed by atoms with E-state index < -0.39 is 0 Å². The molecular formula is C3H3BNO2. The highest BCUT2D eigenvalue weighted by molar-refractivity contribution is 6.18. The van der Waals surface area contributed by atoms with Gasteiger partial charge in [0.2, 0.25) is 0 Å². The molecule has 0 aliphatic carbocycles. The summed E-state index contributed by atoms with van der Waals surface area (Å²) in [6, 6.07) is 0. The summed E-state index contributed by atoms with van der Waals surface area (Å²) >= 11 is 0. The van der Waals surface area contributed by atoms with Crippen molar-refractivity contribution in [1.29, 1.82) is 0 Å². The SMILES string of the molecule is [B]1OC=CC=NO1. The van der Waals surface area contributed by atoms with Crippen LogP contribution in [0.5, 0.6) is 0 Å². The van der Waals surface area contributed by atoms with Gasteiger partial charge in [-0.1, -0.05) is 0 Å². The molecule has 0 amide bonds. The quantitative estimate of drug-likeness (QED) is 0.399. The van der Waals surface area contributed by atoms with Gasteiger partial charge in [0.15, 0.2) is 0 Å². The van der Waals surface area contributed by atoms with Gasteiger partial charge >= 0.3 is 7.69 Å². The van der Waals surface area contributed by atoms with Crippen molar-refractivity contribution in [2.24, 2.45) is 5.16 Å². The van der Waals surface area contributed by atoms with E-state index in [1.165, 1.54) is 12.5 Å². The molecule has 1 aliphatic rings. The molecule has 0 aromatic heterocycles. The van der Waals surface area contributed by atoms with Crippen molar-refractivity contribution < 1.29 is 9.41 Å². The Kier molecular flexibility index (Phi) is 1.38. The van der Waals surface area contributed by atoms with Gasteiger partial charge in [-0.15, -0.1) is 5.16 Å². The van der Waals surface area contributed by atoms with Crippen LogP contribution < -0.4 is 0 Å². The summed E-state index contributed by atoms with van der Waals surface area (Å²) in [6.45, 7) is 0. The number of allylic oxidation sites excluding steroid dienone is 1. The lowest BCUT2D eigenvalue weighted by atomic mass is 10.4. The van der Waals surface area contributed by atoms with E-state index >= 15 is 0 Å². The molecule has 0 atom stereocenters. The smallest absolute Gasteiger partial charge is 0.531 e. The van der Waals surface area contributed by atoms with E-state index in [2.05, 4.69) is 14.6 Å². The van der Waals surface area contributed by atoms with Crippen LogP contribution in [-0.4, -0.2) is 13.9 Å². The standard InChI is InChI=1S/C3H3BNO2/c1-2-5-7-4-6-3-1/h1-3H. The average Bonchev–Trinajstić information content (AvgIpc) is 1.90. The number of hydrogen-bond acceptors (Lipinski definition) is 3. The minimum Gasteiger partial charge on any atom is -0.531 e. The molecule has 7 heavy (non-hydrogen) atoms. The molecule has 4 heteroatoms. The minimum absolute atomic E-state index is 1.14. The van der Waals surface area contributed by atoms with Crippen LogP contribution in [0.3, 0.4) is 0 Å². The summed E-state index contributed by atoms with van der Waals surface area (Å²) in [4.78, 5) is 0. The third kappa shape index (κ3) is 1.30. The Bertz CT molecular complexity index is 89.1. The van der Waals surface area contributed by atoms with Crippen LogP contribution in [0.15, 0.2) is 17.5 Å². The van der Waals surface area contributed by atoms with Gasteiger partial charge in [0.25, 0.3) is 0 Å². The van der Waals surface area contributed by atoms with Crippen LogP contribution in [0.1, 0.15) is 0 Å². The molecule has 1 radical (unpaired) electrons. The van der Waals surface area contributed by atoms with Gasteiger partial charge in [-0.25, -0.2) is 0 Å². The first-order valence-corrected chi connectivity index (χ1v) is 1.81. The topological polar surface area (TPSA) is 30.8 Å². The maximum Gasteiger partial charge on any atom is 0.680 e. The molecule has 0 bridgehead atoms. The Morgan fingerprint density at radius 2 is 2.57 bits per heavy atom. The van der Waals surface area contributed by atoms with Crippen LogP contribution >= 0.6 is 0 Å². The fourth-order valence-electron chi connectivity index (χ4n) is 0.233. The average molecular weight is 95.9 g/mol. The largest absolute Gasteiger partial charge is 0.680 e. The maximum absolute atomic E-state index is 4.54.